The number of ketones is 1. The van der Waals surface area contributed by atoms with Crippen LogP contribution in [-0.4, -0.2) is 10.4 Å². The standard InChI is InChI=1S/C24H18ClNO2.C2H6/c1-15-4-3-5-17(12-15)20-14-23(27)26(2)22-11-8-18(13-21(20)22)24(28)16-6-9-19(25)10-7-16;1-2/h3-14H,1-2H3;1-2H3. The van der Waals surface area contributed by atoms with Gasteiger partial charge in [-0.25, -0.2) is 0 Å². The predicted molar refractivity (Wildman–Crippen MR) is 126 cm³/mol. The molecule has 0 saturated carbocycles. The first-order valence-electron chi connectivity index (χ1n) is 9.95. The Morgan fingerprint density at radius 2 is 1.53 bits per heavy atom. The second-order valence-corrected chi connectivity index (χ2v) is 7.33. The fourth-order valence-corrected chi connectivity index (χ4v) is 3.55. The van der Waals surface area contributed by atoms with Crippen molar-refractivity contribution in [1.29, 1.82) is 0 Å². The normalized spacial score (nSPS) is 10.4. The molecule has 0 unspecified atom stereocenters. The molecule has 0 amide bonds. The fraction of sp³-hybridized carbons (Fsp3) is 0.154. The number of carbonyl (C=O) groups excluding carboxylic acids is 1. The first-order chi connectivity index (χ1) is 14.4. The number of hydrogen-bond acceptors (Lipinski definition) is 2. The number of aryl methyl sites for hydroxylation is 2. The number of fused-ring (bicyclic) bond motifs is 1. The molecule has 0 aliphatic carbocycles. The monoisotopic (exact) mass is 417 g/mol. The molecular weight excluding hydrogens is 394 g/mol. The molecule has 0 bridgehead atoms. The summed E-state index contributed by atoms with van der Waals surface area (Å²) in [7, 11) is 1.74. The van der Waals surface area contributed by atoms with Gasteiger partial charge in [-0.05, 0) is 60.5 Å². The SMILES string of the molecule is CC.Cc1cccc(-c2cc(=O)n(C)c3ccc(C(=O)c4ccc(Cl)cc4)cc23)c1. The van der Waals surface area contributed by atoms with Gasteiger partial charge < -0.3 is 4.57 Å². The Hall–Kier alpha value is -3.17. The van der Waals surface area contributed by atoms with Crippen LogP contribution in [-0.2, 0) is 7.05 Å². The first kappa shape index (κ1) is 21.5. The summed E-state index contributed by atoms with van der Waals surface area (Å²) in [5.41, 5.74) is 4.75. The summed E-state index contributed by atoms with van der Waals surface area (Å²) in [6, 6.07) is 22.0. The average Bonchev–Trinajstić information content (AvgIpc) is 2.77. The van der Waals surface area contributed by atoms with E-state index in [2.05, 4.69) is 0 Å². The van der Waals surface area contributed by atoms with Crippen LogP contribution >= 0.6 is 11.6 Å². The van der Waals surface area contributed by atoms with Gasteiger partial charge in [0.25, 0.3) is 5.56 Å². The van der Waals surface area contributed by atoms with Crippen molar-refractivity contribution in [3.05, 3.63) is 105 Å². The molecule has 30 heavy (non-hydrogen) atoms. The molecule has 1 heterocycles. The number of benzene rings is 3. The van der Waals surface area contributed by atoms with Crippen LogP contribution in [0.1, 0.15) is 35.3 Å². The Balaban J connectivity index is 0.00000124. The van der Waals surface area contributed by atoms with E-state index in [4.69, 9.17) is 11.6 Å². The zero-order valence-electron chi connectivity index (χ0n) is 17.6. The second kappa shape index (κ2) is 9.10. The number of carbonyl (C=O) groups is 1. The Morgan fingerprint density at radius 1 is 0.867 bits per heavy atom. The third kappa shape index (κ3) is 4.22. The lowest BCUT2D eigenvalue weighted by Crippen LogP contribution is -2.16. The predicted octanol–water partition coefficient (Wildman–Crippen LogP) is 6.42. The zero-order chi connectivity index (χ0) is 21.8. The molecule has 0 spiro atoms. The summed E-state index contributed by atoms with van der Waals surface area (Å²) in [4.78, 5) is 25.4. The molecular formula is C26H24ClNO2. The van der Waals surface area contributed by atoms with Crippen LogP contribution in [0.2, 0.25) is 5.02 Å². The van der Waals surface area contributed by atoms with Gasteiger partial charge in [0.05, 0.1) is 5.52 Å². The quantitative estimate of drug-likeness (QED) is 0.360. The van der Waals surface area contributed by atoms with E-state index in [1.807, 2.05) is 57.2 Å². The van der Waals surface area contributed by atoms with Gasteiger partial charge in [-0.15, -0.1) is 0 Å². The highest BCUT2D eigenvalue weighted by molar-refractivity contribution is 6.30. The maximum atomic E-state index is 12.9. The van der Waals surface area contributed by atoms with Crippen molar-refractivity contribution in [3.63, 3.8) is 0 Å². The van der Waals surface area contributed by atoms with E-state index in [-0.39, 0.29) is 11.3 Å². The van der Waals surface area contributed by atoms with Crippen molar-refractivity contribution in [2.75, 3.05) is 0 Å². The van der Waals surface area contributed by atoms with E-state index < -0.39 is 0 Å². The summed E-state index contributed by atoms with van der Waals surface area (Å²) in [5.74, 6) is -0.0809. The van der Waals surface area contributed by atoms with Crippen molar-refractivity contribution < 1.29 is 4.79 Å². The van der Waals surface area contributed by atoms with Crippen molar-refractivity contribution in [1.82, 2.24) is 4.57 Å². The number of pyridine rings is 1. The molecule has 152 valence electrons. The van der Waals surface area contributed by atoms with Gasteiger partial charge in [0, 0.05) is 34.6 Å². The fourth-order valence-electron chi connectivity index (χ4n) is 3.42. The van der Waals surface area contributed by atoms with Gasteiger partial charge in [-0.2, -0.15) is 0 Å². The van der Waals surface area contributed by atoms with Gasteiger partial charge in [-0.1, -0.05) is 55.3 Å². The Morgan fingerprint density at radius 3 is 2.20 bits per heavy atom. The van der Waals surface area contributed by atoms with Crippen molar-refractivity contribution in [2.24, 2.45) is 7.05 Å². The molecule has 0 aliphatic heterocycles. The average molecular weight is 418 g/mol. The highest BCUT2D eigenvalue weighted by Crippen LogP contribution is 2.29. The van der Waals surface area contributed by atoms with Gasteiger partial charge in [-0.3, -0.25) is 9.59 Å². The van der Waals surface area contributed by atoms with Crippen LogP contribution in [0.5, 0.6) is 0 Å². The van der Waals surface area contributed by atoms with E-state index in [9.17, 15) is 9.59 Å². The van der Waals surface area contributed by atoms with Crippen LogP contribution < -0.4 is 5.56 Å². The minimum absolute atomic E-state index is 0.0809. The summed E-state index contributed by atoms with van der Waals surface area (Å²) >= 11 is 5.93. The molecule has 0 N–H and O–H groups in total. The number of nitrogens with zero attached hydrogens (tertiary/aromatic N) is 1. The van der Waals surface area contributed by atoms with Crippen molar-refractivity contribution in [2.45, 2.75) is 20.8 Å². The maximum Gasteiger partial charge on any atom is 0.251 e. The van der Waals surface area contributed by atoms with Crippen LogP contribution in [0.3, 0.4) is 0 Å². The molecule has 4 aromatic rings. The van der Waals surface area contributed by atoms with Gasteiger partial charge >= 0.3 is 0 Å². The summed E-state index contributed by atoms with van der Waals surface area (Å²) in [6.07, 6.45) is 0. The minimum atomic E-state index is -0.0826. The van der Waals surface area contributed by atoms with E-state index in [0.717, 1.165) is 27.6 Å². The number of halogens is 1. The van der Waals surface area contributed by atoms with Gasteiger partial charge in [0.15, 0.2) is 5.78 Å². The Labute approximate surface area is 181 Å². The maximum absolute atomic E-state index is 12.9. The lowest BCUT2D eigenvalue weighted by Gasteiger charge is -2.12. The lowest BCUT2D eigenvalue weighted by atomic mass is 9.96. The highest BCUT2D eigenvalue weighted by Gasteiger charge is 2.14. The molecule has 0 fully saturated rings. The third-order valence-corrected chi connectivity index (χ3v) is 5.20. The lowest BCUT2D eigenvalue weighted by molar-refractivity contribution is 0.103. The Bertz CT molecular complexity index is 1270. The summed E-state index contributed by atoms with van der Waals surface area (Å²) in [6.45, 7) is 6.02. The Kier molecular flexibility index (Phi) is 6.53. The minimum Gasteiger partial charge on any atom is -0.311 e. The second-order valence-electron chi connectivity index (χ2n) is 6.89. The van der Waals surface area contributed by atoms with E-state index in [0.29, 0.717) is 16.1 Å². The van der Waals surface area contributed by atoms with E-state index in [1.54, 1.807) is 48.0 Å². The van der Waals surface area contributed by atoms with Crippen molar-refractivity contribution >= 4 is 28.3 Å². The van der Waals surface area contributed by atoms with Crippen LogP contribution in [0.15, 0.2) is 77.6 Å². The zero-order valence-corrected chi connectivity index (χ0v) is 18.3. The first-order valence-corrected chi connectivity index (χ1v) is 10.3. The van der Waals surface area contributed by atoms with Crippen LogP contribution in [0.25, 0.3) is 22.0 Å². The smallest absolute Gasteiger partial charge is 0.251 e. The third-order valence-electron chi connectivity index (χ3n) is 4.94. The molecule has 4 heteroatoms. The molecule has 1 aromatic heterocycles. The molecule has 0 radical (unpaired) electrons. The van der Waals surface area contributed by atoms with Gasteiger partial charge in [0.2, 0.25) is 0 Å². The largest absolute Gasteiger partial charge is 0.311 e. The molecule has 4 rings (SSSR count). The molecule has 0 aliphatic rings. The number of aromatic nitrogens is 1. The molecule has 0 atom stereocenters. The molecule has 3 nitrogen and oxygen atoms in total. The number of hydrogen-bond donors (Lipinski definition) is 0. The molecule has 3 aromatic carbocycles. The van der Waals surface area contributed by atoms with Crippen molar-refractivity contribution in [3.8, 4) is 11.1 Å². The van der Waals surface area contributed by atoms with Crippen LogP contribution in [0.4, 0.5) is 0 Å². The summed E-state index contributed by atoms with van der Waals surface area (Å²) < 4.78 is 1.60. The van der Waals surface area contributed by atoms with E-state index >= 15 is 0 Å². The van der Waals surface area contributed by atoms with E-state index in [1.165, 1.54) is 0 Å². The highest BCUT2D eigenvalue weighted by atomic mass is 35.5. The summed E-state index contributed by atoms with van der Waals surface area (Å²) in [5, 5.41) is 1.46. The van der Waals surface area contributed by atoms with Crippen LogP contribution in [0, 0.1) is 6.92 Å². The van der Waals surface area contributed by atoms with Gasteiger partial charge in [0.1, 0.15) is 0 Å². The number of rotatable bonds is 3. The topological polar surface area (TPSA) is 39.1 Å². The molecule has 0 saturated heterocycles.